The summed E-state index contributed by atoms with van der Waals surface area (Å²) in [5.74, 6) is 0.451. The molecule has 1 atom stereocenters. The summed E-state index contributed by atoms with van der Waals surface area (Å²) >= 11 is 13.5. The second-order valence-electron chi connectivity index (χ2n) is 5.27. The van der Waals surface area contributed by atoms with Crippen molar-refractivity contribution in [2.75, 3.05) is 6.26 Å². The molecule has 3 rings (SSSR count). The lowest BCUT2D eigenvalue weighted by Crippen LogP contribution is -2.29. The SMILES string of the molecule is CSc1cc(Cl)cc(C(=O)NC(C)c2nc(Cl)nn2-c2ncccn2)c1. The normalized spacial score (nSPS) is 12.0. The van der Waals surface area contributed by atoms with Crippen LogP contribution in [-0.2, 0) is 0 Å². The number of rotatable bonds is 5. The number of hydrogen-bond donors (Lipinski definition) is 1. The molecule has 0 spiro atoms. The Kier molecular flexibility index (Phi) is 5.75. The highest BCUT2D eigenvalue weighted by Crippen LogP contribution is 2.23. The van der Waals surface area contributed by atoms with Gasteiger partial charge in [0.1, 0.15) is 0 Å². The third kappa shape index (κ3) is 4.14. The Morgan fingerprint density at radius 1 is 1.23 bits per heavy atom. The van der Waals surface area contributed by atoms with Crippen LogP contribution in [0.15, 0.2) is 41.6 Å². The van der Waals surface area contributed by atoms with Gasteiger partial charge in [-0.2, -0.15) is 9.67 Å². The van der Waals surface area contributed by atoms with Crippen molar-refractivity contribution in [3.63, 3.8) is 0 Å². The molecule has 26 heavy (non-hydrogen) atoms. The quantitative estimate of drug-likeness (QED) is 0.649. The summed E-state index contributed by atoms with van der Waals surface area (Å²) in [5, 5.41) is 7.51. The molecule has 1 amide bonds. The van der Waals surface area contributed by atoms with Crippen LogP contribution in [0.25, 0.3) is 5.95 Å². The maximum Gasteiger partial charge on any atom is 0.252 e. The van der Waals surface area contributed by atoms with Gasteiger partial charge in [-0.3, -0.25) is 4.79 Å². The summed E-state index contributed by atoms with van der Waals surface area (Å²) in [4.78, 5) is 26.0. The molecular weight excluding hydrogens is 395 g/mol. The van der Waals surface area contributed by atoms with Gasteiger partial charge in [0.25, 0.3) is 11.9 Å². The third-order valence-corrected chi connectivity index (χ3v) is 4.54. The molecule has 134 valence electrons. The lowest BCUT2D eigenvalue weighted by atomic mass is 10.2. The average molecular weight is 409 g/mol. The number of carbonyl (C=O) groups is 1. The molecule has 0 radical (unpaired) electrons. The molecule has 0 bridgehead atoms. The van der Waals surface area contributed by atoms with E-state index in [1.165, 1.54) is 16.4 Å². The number of nitrogens with zero attached hydrogens (tertiary/aromatic N) is 5. The standard InChI is InChI=1S/C16H14Cl2N6OS/c1-9(21-14(25)10-6-11(17)8-12(7-10)26-2)13-22-15(18)23-24(13)16-19-4-3-5-20-16/h3-9H,1-2H3,(H,21,25). The van der Waals surface area contributed by atoms with E-state index in [4.69, 9.17) is 23.2 Å². The first-order chi connectivity index (χ1) is 12.5. The third-order valence-electron chi connectivity index (χ3n) is 3.45. The molecule has 7 nitrogen and oxygen atoms in total. The summed E-state index contributed by atoms with van der Waals surface area (Å²) in [5.41, 5.74) is 0.460. The molecule has 0 aliphatic rings. The van der Waals surface area contributed by atoms with Gasteiger partial charge in [0.2, 0.25) is 5.28 Å². The van der Waals surface area contributed by atoms with E-state index in [2.05, 4.69) is 25.4 Å². The van der Waals surface area contributed by atoms with E-state index in [9.17, 15) is 4.79 Å². The van der Waals surface area contributed by atoms with Crippen molar-refractivity contribution < 1.29 is 4.79 Å². The molecule has 0 aliphatic carbocycles. The largest absolute Gasteiger partial charge is 0.342 e. The average Bonchev–Trinajstić information content (AvgIpc) is 3.03. The fourth-order valence-electron chi connectivity index (χ4n) is 2.28. The Morgan fingerprint density at radius 2 is 1.96 bits per heavy atom. The first-order valence-corrected chi connectivity index (χ1v) is 9.51. The number of aromatic nitrogens is 5. The maximum absolute atomic E-state index is 12.6. The number of halogens is 2. The van der Waals surface area contributed by atoms with E-state index >= 15 is 0 Å². The zero-order valence-corrected chi connectivity index (χ0v) is 16.2. The van der Waals surface area contributed by atoms with E-state index in [0.29, 0.717) is 22.4 Å². The van der Waals surface area contributed by atoms with Gasteiger partial charge in [-0.05, 0) is 49.0 Å². The van der Waals surface area contributed by atoms with Crippen molar-refractivity contribution in [3.05, 3.63) is 58.4 Å². The number of benzene rings is 1. The first kappa shape index (κ1) is 18.6. The smallest absolute Gasteiger partial charge is 0.252 e. The van der Waals surface area contributed by atoms with Crippen LogP contribution < -0.4 is 5.32 Å². The van der Waals surface area contributed by atoms with Crippen molar-refractivity contribution in [1.29, 1.82) is 0 Å². The number of thioether (sulfide) groups is 1. The van der Waals surface area contributed by atoms with E-state index in [0.717, 1.165) is 4.90 Å². The highest BCUT2D eigenvalue weighted by molar-refractivity contribution is 7.98. The van der Waals surface area contributed by atoms with Crippen molar-refractivity contribution in [3.8, 4) is 5.95 Å². The lowest BCUT2D eigenvalue weighted by molar-refractivity contribution is 0.0937. The maximum atomic E-state index is 12.6. The molecule has 1 N–H and O–H groups in total. The summed E-state index contributed by atoms with van der Waals surface area (Å²) in [6.45, 7) is 1.78. The minimum atomic E-state index is -0.483. The molecule has 1 unspecified atom stereocenters. The minimum Gasteiger partial charge on any atom is -0.342 e. The molecule has 0 saturated carbocycles. The molecule has 2 aromatic heterocycles. The van der Waals surface area contributed by atoms with E-state index in [1.807, 2.05) is 6.26 Å². The van der Waals surface area contributed by atoms with Gasteiger partial charge in [0.05, 0.1) is 6.04 Å². The fraction of sp³-hybridized carbons (Fsp3) is 0.188. The fourth-order valence-corrected chi connectivity index (χ4v) is 3.23. The van der Waals surface area contributed by atoms with Crippen molar-refractivity contribution in [1.82, 2.24) is 30.0 Å². The Balaban J connectivity index is 1.86. The number of amides is 1. The zero-order chi connectivity index (χ0) is 18.7. The van der Waals surface area contributed by atoms with Gasteiger partial charge in [-0.25, -0.2) is 9.97 Å². The molecular formula is C16H14Cl2N6OS. The summed E-state index contributed by atoms with van der Waals surface area (Å²) in [7, 11) is 0. The second-order valence-corrected chi connectivity index (χ2v) is 6.93. The van der Waals surface area contributed by atoms with Crippen LogP contribution >= 0.6 is 35.0 Å². The van der Waals surface area contributed by atoms with Crippen LogP contribution in [-0.4, -0.2) is 36.9 Å². The van der Waals surface area contributed by atoms with Crippen LogP contribution in [0.5, 0.6) is 0 Å². The van der Waals surface area contributed by atoms with E-state index in [-0.39, 0.29) is 11.2 Å². The van der Waals surface area contributed by atoms with Crippen molar-refractivity contribution in [2.45, 2.75) is 17.9 Å². The number of nitrogens with one attached hydrogen (secondary N) is 1. The van der Waals surface area contributed by atoms with Gasteiger partial charge in [0, 0.05) is 27.9 Å². The highest BCUT2D eigenvalue weighted by Gasteiger charge is 2.21. The van der Waals surface area contributed by atoms with Crippen molar-refractivity contribution >= 4 is 40.9 Å². The van der Waals surface area contributed by atoms with Gasteiger partial charge in [-0.1, -0.05) is 11.6 Å². The molecule has 0 saturated heterocycles. The summed E-state index contributed by atoms with van der Waals surface area (Å²) in [6, 6.07) is 6.39. The Morgan fingerprint density at radius 3 is 2.65 bits per heavy atom. The first-order valence-electron chi connectivity index (χ1n) is 7.53. The van der Waals surface area contributed by atoms with Crippen LogP contribution in [0.4, 0.5) is 0 Å². The predicted octanol–water partition coefficient (Wildman–Crippen LogP) is 3.58. The molecule has 10 heteroatoms. The van der Waals surface area contributed by atoms with Gasteiger partial charge in [-0.15, -0.1) is 16.9 Å². The zero-order valence-electron chi connectivity index (χ0n) is 13.8. The number of carbonyl (C=O) groups excluding carboxylic acids is 1. The molecule has 3 aromatic rings. The van der Waals surface area contributed by atoms with Crippen LogP contribution in [0.1, 0.15) is 29.1 Å². The summed E-state index contributed by atoms with van der Waals surface area (Å²) in [6.07, 6.45) is 5.09. The Bertz CT molecular complexity index is 934. The molecule has 1 aromatic carbocycles. The summed E-state index contributed by atoms with van der Waals surface area (Å²) < 4.78 is 1.40. The van der Waals surface area contributed by atoms with Crippen LogP contribution in [0, 0.1) is 0 Å². The van der Waals surface area contributed by atoms with Gasteiger partial charge < -0.3 is 5.32 Å². The van der Waals surface area contributed by atoms with Crippen LogP contribution in [0.3, 0.4) is 0 Å². The predicted molar refractivity (Wildman–Crippen MR) is 101 cm³/mol. The molecule has 0 aliphatic heterocycles. The molecule has 2 heterocycles. The van der Waals surface area contributed by atoms with E-state index in [1.54, 1.807) is 43.6 Å². The molecule has 0 fully saturated rings. The van der Waals surface area contributed by atoms with Crippen molar-refractivity contribution in [2.24, 2.45) is 0 Å². The Hall–Kier alpha value is -2.16. The lowest BCUT2D eigenvalue weighted by Gasteiger charge is -2.14. The Labute approximate surface area is 164 Å². The minimum absolute atomic E-state index is 0.0426. The van der Waals surface area contributed by atoms with Gasteiger partial charge in [0.15, 0.2) is 5.82 Å². The highest BCUT2D eigenvalue weighted by atomic mass is 35.5. The van der Waals surface area contributed by atoms with Gasteiger partial charge >= 0.3 is 0 Å². The topological polar surface area (TPSA) is 85.6 Å². The van der Waals surface area contributed by atoms with E-state index < -0.39 is 6.04 Å². The second kappa shape index (κ2) is 8.03. The monoisotopic (exact) mass is 408 g/mol. The number of hydrogen-bond acceptors (Lipinski definition) is 6. The van der Waals surface area contributed by atoms with Crippen LogP contribution in [0.2, 0.25) is 10.3 Å².